The molecule has 2 aromatic rings. The Kier molecular flexibility index (Phi) is 14.0. The summed E-state index contributed by atoms with van der Waals surface area (Å²) >= 11 is 0. The van der Waals surface area contributed by atoms with E-state index in [4.69, 9.17) is 0 Å². The van der Waals surface area contributed by atoms with Gasteiger partial charge in [0.1, 0.15) is 0 Å². The maximum absolute atomic E-state index is 2.33. The zero-order valence-corrected chi connectivity index (χ0v) is 21.6. The summed E-state index contributed by atoms with van der Waals surface area (Å²) in [5.74, 6) is 0. The Morgan fingerprint density at radius 3 is 0.852 bits per heavy atom. The van der Waals surface area contributed by atoms with Gasteiger partial charge in [0.05, 0.1) is 0 Å². The fourth-order valence-corrected chi connectivity index (χ4v) is 9.39. The standard InChI is InChI=1S/2C12H19P.Pd/c2*1-10(2)13(11(3)4)12-8-6-5-7-9-12;/h2*5-11H,1-4H3;. The van der Waals surface area contributed by atoms with Crippen molar-refractivity contribution in [3.05, 3.63) is 60.7 Å². The van der Waals surface area contributed by atoms with E-state index in [1.807, 2.05) is 0 Å². The summed E-state index contributed by atoms with van der Waals surface area (Å²) < 4.78 is 0. The third kappa shape index (κ3) is 9.33. The number of rotatable bonds is 6. The van der Waals surface area contributed by atoms with Gasteiger partial charge >= 0.3 is 0 Å². The molecule has 0 saturated carbocycles. The zero-order chi connectivity index (χ0) is 19.7. The summed E-state index contributed by atoms with van der Waals surface area (Å²) in [5, 5.41) is 3.09. The first kappa shape index (κ1) is 27.0. The molecule has 0 fully saturated rings. The second-order valence-corrected chi connectivity index (χ2v) is 14.7. The number of hydrogen-bond acceptors (Lipinski definition) is 0. The van der Waals surface area contributed by atoms with E-state index < -0.39 is 0 Å². The largest absolute Gasteiger partial charge is 0.0701 e. The van der Waals surface area contributed by atoms with Gasteiger partial charge in [0, 0.05) is 20.4 Å². The van der Waals surface area contributed by atoms with Gasteiger partial charge in [0.15, 0.2) is 0 Å². The molecule has 0 atom stereocenters. The maximum Gasteiger partial charge on any atom is 0 e. The molecule has 0 radical (unpaired) electrons. The molecule has 3 heteroatoms. The molecule has 0 aliphatic carbocycles. The molecule has 0 heterocycles. The third-order valence-corrected chi connectivity index (χ3v) is 10.6. The normalized spacial score (nSPS) is 11.2. The van der Waals surface area contributed by atoms with Crippen LogP contribution in [0.4, 0.5) is 0 Å². The molecule has 0 unspecified atom stereocenters. The first-order valence-corrected chi connectivity index (χ1v) is 12.9. The number of hydrogen-bond donors (Lipinski definition) is 0. The van der Waals surface area contributed by atoms with Crippen molar-refractivity contribution in [2.24, 2.45) is 0 Å². The first-order chi connectivity index (χ1) is 12.3. The molecule has 0 aliphatic heterocycles. The smallest absolute Gasteiger partial charge is 0 e. The zero-order valence-electron chi connectivity index (χ0n) is 18.3. The molecule has 0 aliphatic rings. The number of benzene rings is 2. The summed E-state index contributed by atoms with van der Waals surface area (Å²) in [6.07, 6.45) is 0. The summed E-state index contributed by atoms with van der Waals surface area (Å²) in [6.45, 7) is 18.7. The molecule has 27 heavy (non-hydrogen) atoms. The quantitative estimate of drug-likeness (QED) is 0.294. The van der Waals surface area contributed by atoms with E-state index in [1.165, 1.54) is 0 Å². The van der Waals surface area contributed by atoms with Gasteiger partial charge < -0.3 is 0 Å². The molecule has 2 rings (SSSR count). The maximum atomic E-state index is 2.33. The van der Waals surface area contributed by atoms with Gasteiger partial charge in [0.25, 0.3) is 0 Å². The van der Waals surface area contributed by atoms with Gasteiger partial charge in [-0.2, -0.15) is 0 Å². The molecule has 154 valence electrons. The van der Waals surface area contributed by atoms with Crippen LogP contribution in [0.25, 0.3) is 0 Å². The van der Waals surface area contributed by atoms with E-state index in [0.717, 1.165) is 22.6 Å². The molecule has 2 aromatic carbocycles. The van der Waals surface area contributed by atoms with Crippen LogP contribution in [0.2, 0.25) is 0 Å². The summed E-state index contributed by atoms with van der Waals surface area (Å²) in [7, 11) is 0.0525. The van der Waals surface area contributed by atoms with Crippen LogP contribution in [0.5, 0.6) is 0 Å². The van der Waals surface area contributed by atoms with Crippen LogP contribution in [-0.2, 0) is 20.4 Å². The van der Waals surface area contributed by atoms with E-state index in [2.05, 4.69) is 116 Å². The van der Waals surface area contributed by atoms with Crippen LogP contribution in [0.15, 0.2) is 60.7 Å². The topological polar surface area (TPSA) is 0 Å². The fraction of sp³-hybridized carbons (Fsp3) is 0.500. The van der Waals surface area contributed by atoms with E-state index in [0.29, 0.717) is 0 Å². The SMILES string of the molecule is CC(C)P(c1ccccc1)C(C)C.CC(C)P(c1ccccc1)C(C)C.[Pd]. The van der Waals surface area contributed by atoms with Crippen molar-refractivity contribution in [1.82, 2.24) is 0 Å². The monoisotopic (exact) mass is 494 g/mol. The molecular formula is C24H38P2Pd. The van der Waals surface area contributed by atoms with Gasteiger partial charge in [-0.1, -0.05) is 132 Å². The predicted molar refractivity (Wildman–Crippen MR) is 127 cm³/mol. The average Bonchev–Trinajstić information content (AvgIpc) is 2.56. The summed E-state index contributed by atoms with van der Waals surface area (Å²) in [6, 6.07) is 21.9. The molecule has 0 amide bonds. The molecule has 0 aromatic heterocycles. The fourth-order valence-electron chi connectivity index (χ4n) is 3.59. The van der Waals surface area contributed by atoms with Crippen LogP contribution in [0.1, 0.15) is 55.4 Å². The Balaban J connectivity index is 0.000000483. The van der Waals surface area contributed by atoms with Crippen molar-refractivity contribution in [1.29, 1.82) is 0 Å². The van der Waals surface area contributed by atoms with Crippen LogP contribution in [0.3, 0.4) is 0 Å². The van der Waals surface area contributed by atoms with Gasteiger partial charge in [-0.15, -0.1) is 0 Å². The minimum absolute atomic E-state index is 0. The van der Waals surface area contributed by atoms with Crippen molar-refractivity contribution in [3.8, 4) is 0 Å². The summed E-state index contributed by atoms with van der Waals surface area (Å²) in [5.41, 5.74) is 3.16. The minimum Gasteiger partial charge on any atom is -0.0701 e. The van der Waals surface area contributed by atoms with Crippen molar-refractivity contribution in [3.63, 3.8) is 0 Å². The Labute approximate surface area is 185 Å². The van der Waals surface area contributed by atoms with Gasteiger partial charge in [-0.05, 0) is 33.2 Å². The molecule has 0 nitrogen and oxygen atoms in total. The predicted octanol–water partition coefficient (Wildman–Crippen LogP) is 7.22. The van der Waals surface area contributed by atoms with Crippen LogP contribution < -0.4 is 10.6 Å². The molecule has 0 bridgehead atoms. The minimum atomic E-state index is 0. The van der Waals surface area contributed by atoms with Crippen molar-refractivity contribution >= 4 is 26.5 Å². The summed E-state index contributed by atoms with van der Waals surface area (Å²) in [4.78, 5) is 0. The van der Waals surface area contributed by atoms with Gasteiger partial charge in [-0.25, -0.2) is 0 Å². The Morgan fingerprint density at radius 2 is 0.667 bits per heavy atom. The van der Waals surface area contributed by atoms with Crippen LogP contribution >= 0.6 is 15.8 Å². The van der Waals surface area contributed by atoms with Gasteiger partial charge in [-0.3, -0.25) is 0 Å². The average molecular weight is 495 g/mol. The molecule has 0 spiro atoms. The first-order valence-electron chi connectivity index (χ1n) is 9.92. The second-order valence-electron chi connectivity index (χ2n) is 7.86. The third-order valence-electron chi connectivity index (χ3n) is 4.33. The van der Waals surface area contributed by atoms with E-state index >= 15 is 0 Å². The van der Waals surface area contributed by atoms with Crippen LogP contribution in [0, 0.1) is 0 Å². The van der Waals surface area contributed by atoms with Crippen molar-refractivity contribution < 1.29 is 20.4 Å². The molecule has 0 saturated heterocycles. The van der Waals surface area contributed by atoms with Crippen molar-refractivity contribution in [2.75, 3.05) is 0 Å². The van der Waals surface area contributed by atoms with Crippen molar-refractivity contribution in [2.45, 2.75) is 78.0 Å². The Bertz CT molecular complexity index is 523. The van der Waals surface area contributed by atoms with E-state index in [9.17, 15) is 0 Å². The van der Waals surface area contributed by atoms with Gasteiger partial charge in [0.2, 0.25) is 0 Å². The molecular weight excluding hydrogens is 457 g/mol. The Morgan fingerprint density at radius 1 is 0.444 bits per heavy atom. The second kappa shape index (κ2) is 14.0. The molecule has 0 N–H and O–H groups in total. The van der Waals surface area contributed by atoms with Crippen LogP contribution in [-0.4, -0.2) is 22.6 Å². The van der Waals surface area contributed by atoms with E-state index in [1.54, 1.807) is 10.6 Å². The Hall–Kier alpha value is -0.0377. The van der Waals surface area contributed by atoms with E-state index in [-0.39, 0.29) is 36.3 Å².